The second kappa shape index (κ2) is 14.0. The van der Waals surface area contributed by atoms with Crippen molar-refractivity contribution in [3.8, 4) is 17.2 Å². The fraction of sp³-hybridized carbons (Fsp3) is 0.357. The van der Waals surface area contributed by atoms with Crippen LogP contribution in [0.2, 0.25) is 0 Å². The fourth-order valence-corrected chi connectivity index (χ4v) is 20.6. The maximum absolute atomic E-state index is 6.93. The number of hydrogen-bond acceptors (Lipinski definition) is 12. The van der Waals surface area contributed by atoms with E-state index in [0.717, 1.165) is 0 Å². The third-order valence-electron chi connectivity index (χ3n) is 6.49. The molecule has 1 heterocycles. The van der Waals surface area contributed by atoms with Gasteiger partial charge in [-0.15, -0.1) is 9.03 Å². The maximum atomic E-state index is 6.93. The van der Waals surface area contributed by atoms with Crippen molar-refractivity contribution in [2.45, 2.75) is 0 Å². The lowest BCUT2D eigenvalue weighted by Gasteiger charge is -2.42. The van der Waals surface area contributed by atoms with E-state index in [1.807, 2.05) is 175 Å². The molecule has 16 heteroatoms. The van der Waals surface area contributed by atoms with Gasteiger partial charge in [-0.3, -0.25) is 0 Å². The van der Waals surface area contributed by atoms with E-state index in [1.165, 1.54) is 0 Å². The van der Waals surface area contributed by atoms with Crippen molar-refractivity contribution in [3.05, 3.63) is 91.0 Å². The Morgan fingerprint density at radius 3 is 0.909 bits per heavy atom. The molecule has 12 nitrogen and oxygen atoms in total. The molecule has 0 saturated heterocycles. The van der Waals surface area contributed by atoms with Crippen LogP contribution in [0.15, 0.2) is 109 Å². The third kappa shape index (κ3) is 7.26. The summed E-state index contributed by atoms with van der Waals surface area (Å²) in [7, 11) is 6.65. The van der Waals surface area contributed by atoms with E-state index >= 15 is 0 Å². The molecule has 3 aromatic carbocycles. The second-order valence-corrected chi connectivity index (χ2v) is 22.4. The minimum absolute atomic E-state index is 0.622. The predicted octanol–water partition coefficient (Wildman–Crippen LogP) is 8.83. The van der Waals surface area contributed by atoms with Gasteiger partial charge in [-0.25, -0.2) is 23.4 Å². The van der Waals surface area contributed by atoms with Crippen molar-refractivity contribution in [1.29, 1.82) is 0 Å². The summed E-state index contributed by atoms with van der Waals surface area (Å²) in [5.41, 5.74) is 0. The topological polar surface area (TPSA) is 93.3 Å². The number of hydrogen-bond donors (Lipinski definition) is 0. The Hall–Kier alpha value is -2.22. The van der Waals surface area contributed by atoms with Gasteiger partial charge in [0.15, 0.2) is 0 Å². The van der Waals surface area contributed by atoms with E-state index in [0.29, 0.717) is 17.2 Å². The molecule has 1 aliphatic rings. The van der Waals surface area contributed by atoms with E-state index in [9.17, 15) is 0 Å². The fourth-order valence-electron chi connectivity index (χ4n) is 4.07. The maximum Gasteiger partial charge on any atom is 0.336 e. The van der Waals surface area contributed by atoms with Gasteiger partial charge in [-0.2, -0.15) is 9.03 Å². The summed E-state index contributed by atoms with van der Waals surface area (Å²) in [6.07, 6.45) is 0. The van der Waals surface area contributed by atoms with Crippen LogP contribution < -0.4 is 13.6 Å². The van der Waals surface area contributed by atoms with Crippen LogP contribution in [-0.4, -0.2) is 93.8 Å². The molecule has 0 saturated carbocycles. The first kappa shape index (κ1) is 34.6. The minimum Gasteiger partial charge on any atom is -0.430 e. The van der Waals surface area contributed by atoms with Crippen molar-refractivity contribution in [3.63, 3.8) is 0 Å². The quantitative estimate of drug-likeness (QED) is 0.186. The van der Waals surface area contributed by atoms with Crippen LogP contribution in [0.3, 0.4) is 0 Å². The highest BCUT2D eigenvalue weighted by Gasteiger charge is 2.46. The summed E-state index contributed by atoms with van der Waals surface area (Å²) in [5.74, 6) is 1.91. The summed E-state index contributed by atoms with van der Waals surface area (Å²) >= 11 is 0. The average molecular weight is 680 g/mol. The number of benzene rings is 3. The lowest BCUT2D eigenvalue weighted by molar-refractivity contribution is 0.489. The van der Waals surface area contributed by atoms with E-state index in [2.05, 4.69) is 9.34 Å². The molecule has 0 spiro atoms. The first-order valence-electron chi connectivity index (χ1n) is 14.0. The Labute approximate surface area is 263 Å². The molecule has 3 atom stereocenters. The van der Waals surface area contributed by atoms with Gasteiger partial charge in [0.05, 0.1) is 0 Å². The van der Waals surface area contributed by atoms with E-state index in [-0.39, 0.29) is 0 Å². The van der Waals surface area contributed by atoms with E-state index in [1.54, 1.807) is 0 Å². The van der Waals surface area contributed by atoms with Crippen molar-refractivity contribution in [2.75, 3.05) is 70.5 Å². The van der Waals surface area contributed by atoms with Gasteiger partial charge in [0.1, 0.15) is 17.2 Å². The molecule has 0 fully saturated rings. The zero-order chi connectivity index (χ0) is 32.2. The molecule has 0 radical (unpaired) electrons. The van der Waals surface area contributed by atoms with E-state index < -0.39 is 30.3 Å². The van der Waals surface area contributed by atoms with Crippen molar-refractivity contribution in [1.82, 2.24) is 23.4 Å². The summed E-state index contributed by atoms with van der Waals surface area (Å²) in [4.78, 5) is 0. The predicted molar refractivity (Wildman–Crippen MR) is 187 cm³/mol. The molecule has 44 heavy (non-hydrogen) atoms. The van der Waals surface area contributed by atoms with Gasteiger partial charge in [0.25, 0.3) is 0 Å². The molecule has 1 aliphatic heterocycles. The Morgan fingerprint density at radius 2 is 0.636 bits per heavy atom. The Kier molecular flexibility index (Phi) is 11.1. The first-order valence-corrected chi connectivity index (χ1v) is 20.3. The van der Waals surface area contributed by atoms with Gasteiger partial charge in [0, 0.05) is 0 Å². The Bertz CT molecular complexity index is 1570. The SMILES string of the molecule is CN(C)P1(Oc2ccccc2)=NP(Oc2ccccc2)(N(C)C)=NP(N(C)C)(N(C)C)=NP(Oc2ccccc2)(N(C)C)=N1. The van der Waals surface area contributed by atoms with Crippen LogP contribution in [0.25, 0.3) is 0 Å². The molecule has 0 bridgehead atoms. The van der Waals surface area contributed by atoms with Gasteiger partial charge in [0.2, 0.25) is 7.51 Å². The zero-order valence-electron chi connectivity index (χ0n) is 27.2. The lowest BCUT2D eigenvalue weighted by atomic mass is 10.3. The van der Waals surface area contributed by atoms with Crippen LogP contribution in [0.4, 0.5) is 0 Å². The molecule has 0 aliphatic carbocycles. The molecular formula is C28H45N9O3P4. The van der Waals surface area contributed by atoms with Crippen LogP contribution in [-0.2, 0) is 0 Å². The monoisotopic (exact) mass is 679 g/mol. The minimum atomic E-state index is -3.35. The first-order chi connectivity index (χ1) is 20.8. The second-order valence-electron chi connectivity index (χ2n) is 10.9. The van der Waals surface area contributed by atoms with Crippen molar-refractivity contribution in [2.24, 2.45) is 18.1 Å². The average Bonchev–Trinajstić information content (AvgIpc) is 2.96. The highest BCUT2D eigenvalue weighted by atomic mass is 31.3. The number of nitrogens with zero attached hydrogens (tertiary/aromatic N) is 9. The summed E-state index contributed by atoms with van der Waals surface area (Å²) in [6, 6.07) is 28.9. The number of rotatable bonds is 11. The summed E-state index contributed by atoms with van der Waals surface area (Å²) < 4.78 is 53.2. The molecule has 0 aromatic heterocycles. The van der Waals surface area contributed by atoms with Gasteiger partial charge < -0.3 is 13.6 Å². The summed E-state index contributed by atoms with van der Waals surface area (Å²) in [6.45, 7) is 0. The van der Waals surface area contributed by atoms with Gasteiger partial charge >= 0.3 is 22.7 Å². The molecule has 3 unspecified atom stereocenters. The molecule has 4 rings (SSSR count). The Morgan fingerprint density at radius 1 is 0.364 bits per heavy atom. The van der Waals surface area contributed by atoms with Crippen LogP contribution in [0.1, 0.15) is 0 Å². The lowest BCUT2D eigenvalue weighted by Crippen LogP contribution is -2.24. The standard InChI is InChI=1S/C28H45N9O3P4/c1-33(2)41(34(3)4)29-42(35(5)6,38-26-20-14-11-15-21-26)31-44(37(9)10,40-28-24-18-13-19-25-28)32-43(30-41,36(7)8)39-27-22-16-12-17-23-27/h11-25H,1-10H3. The molecule has 0 N–H and O–H groups in total. The van der Waals surface area contributed by atoms with Crippen LogP contribution in [0, 0.1) is 0 Å². The van der Waals surface area contributed by atoms with Gasteiger partial charge in [-0.1, -0.05) is 54.6 Å². The van der Waals surface area contributed by atoms with Crippen molar-refractivity contribution >= 4 is 30.3 Å². The Balaban J connectivity index is 2.26. The highest BCUT2D eigenvalue weighted by Crippen LogP contribution is 2.80. The number of para-hydroxylation sites is 3. The van der Waals surface area contributed by atoms with Crippen molar-refractivity contribution < 1.29 is 13.6 Å². The van der Waals surface area contributed by atoms with E-state index in [4.69, 9.17) is 31.6 Å². The van der Waals surface area contributed by atoms with Gasteiger partial charge in [-0.05, 0) is 107 Å². The molecule has 0 amide bonds. The normalized spacial score (nSPS) is 25.0. The molecule has 3 aromatic rings. The smallest absolute Gasteiger partial charge is 0.336 e. The largest absolute Gasteiger partial charge is 0.430 e. The van der Waals surface area contributed by atoms with Crippen LogP contribution in [0.5, 0.6) is 17.2 Å². The summed E-state index contributed by atoms with van der Waals surface area (Å²) in [5, 5.41) is 0. The third-order valence-corrected chi connectivity index (χ3v) is 20.6. The molecular weight excluding hydrogens is 634 g/mol. The zero-order valence-corrected chi connectivity index (χ0v) is 30.8. The highest BCUT2D eigenvalue weighted by molar-refractivity contribution is 7.81. The molecule has 240 valence electrons. The van der Waals surface area contributed by atoms with Crippen LogP contribution >= 0.6 is 30.3 Å².